The molecule has 0 saturated carbocycles. The first-order chi connectivity index (χ1) is 13.0. The molecule has 27 heavy (non-hydrogen) atoms. The van der Waals surface area contributed by atoms with Gasteiger partial charge >= 0.3 is 5.97 Å². The van der Waals surface area contributed by atoms with Crippen molar-refractivity contribution in [2.45, 2.75) is 51.5 Å². The van der Waals surface area contributed by atoms with Crippen LogP contribution in [0.3, 0.4) is 0 Å². The first-order valence-electron chi connectivity index (χ1n) is 9.36. The zero-order valence-corrected chi connectivity index (χ0v) is 16.1. The number of aliphatic hydroxyl groups excluding tert-OH is 1. The van der Waals surface area contributed by atoms with Crippen molar-refractivity contribution >= 4 is 5.97 Å². The second-order valence-corrected chi connectivity index (χ2v) is 7.18. The molecule has 5 nitrogen and oxygen atoms in total. The molecule has 0 aliphatic heterocycles. The molecule has 0 amide bonds. The van der Waals surface area contributed by atoms with E-state index in [0.717, 1.165) is 23.1 Å². The summed E-state index contributed by atoms with van der Waals surface area (Å²) in [5, 5.41) is 14.2. The van der Waals surface area contributed by atoms with Crippen LogP contribution in [0.4, 0.5) is 0 Å². The molecule has 144 valence electrons. The molecule has 2 N–H and O–H groups in total. The summed E-state index contributed by atoms with van der Waals surface area (Å²) in [5.41, 5.74) is 3.04. The molecule has 0 heterocycles. The lowest BCUT2D eigenvalue weighted by Crippen LogP contribution is -2.42. The van der Waals surface area contributed by atoms with Gasteiger partial charge in [0.25, 0.3) is 0 Å². The average molecular weight is 369 g/mol. The van der Waals surface area contributed by atoms with Gasteiger partial charge in [0.1, 0.15) is 17.9 Å². The smallest absolute Gasteiger partial charge is 0.341 e. The van der Waals surface area contributed by atoms with Gasteiger partial charge in [-0.25, -0.2) is 4.79 Å². The summed E-state index contributed by atoms with van der Waals surface area (Å²) in [5.74, 6) is 0.0595. The van der Waals surface area contributed by atoms with Crippen molar-refractivity contribution in [3.05, 3.63) is 64.7 Å². The minimum Gasteiger partial charge on any atom is -0.488 e. The van der Waals surface area contributed by atoms with Gasteiger partial charge in [-0.05, 0) is 35.6 Å². The van der Waals surface area contributed by atoms with E-state index in [2.05, 4.69) is 19.2 Å². The van der Waals surface area contributed by atoms with Crippen molar-refractivity contribution in [3.63, 3.8) is 0 Å². The monoisotopic (exact) mass is 369 g/mol. The average Bonchev–Trinajstić information content (AvgIpc) is 2.68. The van der Waals surface area contributed by atoms with E-state index in [-0.39, 0.29) is 12.1 Å². The van der Waals surface area contributed by atoms with Crippen LogP contribution in [0.5, 0.6) is 5.75 Å². The third-order valence-electron chi connectivity index (χ3n) is 4.89. The third-order valence-corrected chi connectivity index (χ3v) is 4.89. The van der Waals surface area contributed by atoms with E-state index in [9.17, 15) is 9.90 Å². The topological polar surface area (TPSA) is 67.8 Å². The van der Waals surface area contributed by atoms with Gasteiger partial charge in [-0.1, -0.05) is 50.2 Å². The number of methoxy groups -OCH3 is 1. The number of ether oxygens (including phenoxy) is 2. The zero-order valence-electron chi connectivity index (χ0n) is 16.1. The molecule has 2 aromatic rings. The van der Waals surface area contributed by atoms with Gasteiger partial charge in [0.05, 0.1) is 13.2 Å². The van der Waals surface area contributed by atoms with E-state index in [1.165, 1.54) is 7.11 Å². The van der Waals surface area contributed by atoms with Crippen molar-refractivity contribution in [3.8, 4) is 5.75 Å². The molecule has 0 radical (unpaired) electrons. The Bertz CT molecular complexity index is 788. The van der Waals surface area contributed by atoms with Crippen LogP contribution in [0, 0.1) is 0 Å². The number of fused-ring (bicyclic) bond motifs is 1. The molecule has 0 fully saturated rings. The highest BCUT2D eigenvalue weighted by Gasteiger charge is 2.32. The molecule has 2 aromatic carbocycles. The molecular weight excluding hydrogens is 342 g/mol. The molecule has 1 aliphatic carbocycles. The Labute approximate surface area is 160 Å². The fourth-order valence-electron chi connectivity index (χ4n) is 3.65. The summed E-state index contributed by atoms with van der Waals surface area (Å²) in [4.78, 5) is 12.5. The minimum atomic E-state index is -0.664. The van der Waals surface area contributed by atoms with E-state index in [0.29, 0.717) is 24.3 Å². The summed E-state index contributed by atoms with van der Waals surface area (Å²) < 4.78 is 10.9. The molecule has 0 aromatic heterocycles. The summed E-state index contributed by atoms with van der Waals surface area (Å²) >= 11 is 0. The number of aliphatic hydroxyl groups is 1. The number of esters is 1. The molecule has 0 saturated heterocycles. The van der Waals surface area contributed by atoms with Crippen LogP contribution < -0.4 is 10.1 Å². The summed E-state index contributed by atoms with van der Waals surface area (Å²) in [6.45, 7) is 4.48. The first kappa shape index (κ1) is 19.4. The van der Waals surface area contributed by atoms with Gasteiger partial charge in [-0.15, -0.1) is 0 Å². The molecule has 2 atom stereocenters. The Morgan fingerprint density at radius 3 is 2.63 bits per heavy atom. The van der Waals surface area contributed by atoms with Gasteiger partial charge in [0, 0.05) is 12.1 Å². The number of carbonyl (C=O) groups excluding carboxylic acids is 1. The third kappa shape index (κ3) is 4.31. The van der Waals surface area contributed by atoms with Crippen LogP contribution in [0.15, 0.2) is 42.5 Å². The lowest BCUT2D eigenvalue weighted by Gasteiger charge is -2.33. The molecular formula is C22H27NO4. The fourth-order valence-corrected chi connectivity index (χ4v) is 3.65. The molecule has 5 heteroatoms. The second-order valence-electron chi connectivity index (χ2n) is 7.18. The van der Waals surface area contributed by atoms with Gasteiger partial charge in [-0.2, -0.15) is 0 Å². The lowest BCUT2D eigenvalue weighted by atomic mass is 9.82. The number of hydrogen-bond acceptors (Lipinski definition) is 5. The maximum absolute atomic E-state index is 12.5. The van der Waals surface area contributed by atoms with E-state index >= 15 is 0 Å². The quantitative estimate of drug-likeness (QED) is 0.764. The minimum absolute atomic E-state index is 0.0286. The number of hydrogen-bond donors (Lipinski definition) is 2. The number of carbonyl (C=O) groups is 1. The normalized spacial score (nSPS) is 18.9. The maximum Gasteiger partial charge on any atom is 0.341 e. The Kier molecular flexibility index (Phi) is 6.14. The van der Waals surface area contributed by atoms with Crippen molar-refractivity contribution in [1.29, 1.82) is 0 Å². The predicted octanol–water partition coefficient (Wildman–Crippen LogP) is 3.40. The van der Waals surface area contributed by atoms with Crippen molar-refractivity contribution in [2.24, 2.45) is 0 Å². The highest BCUT2D eigenvalue weighted by Crippen LogP contribution is 2.37. The van der Waals surface area contributed by atoms with Crippen LogP contribution >= 0.6 is 0 Å². The number of rotatable bonds is 6. The van der Waals surface area contributed by atoms with E-state index in [1.54, 1.807) is 6.07 Å². The Hall–Kier alpha value is -2.37. The van der Waals surface area contributed by atoms with Crippen LogP contribution in [-0.4, -0.2) is 30.3 Å². The van der Waals surface area contributed by atoms with Crippen LogP contribution in [0.1, 0.15) is 53.4 Å². The number of benzene rings is 2. The van der Waals surface area contributed by atoms with Crippen LogP contribution in [0.2, 0.25) is 0 Å². The fraction of sp³-hybridized carbons (Fsp3) is 0.409. The number of nitrogens with one attached hydrogen (secondary N) is 1. The first-order valence-corrected chi connectivity index (χ1v) is 9.36. The predicted molar refractivity (Wildman–Crippen MR) is 104 cm³/mol. The van der Waals surface area contributed by atoms with Gasteiger partial charge in [0.2, 0.25) is 0 Å². The van der Waals surface area contributed by atoms with Gasteiger partial charge in [0.15, 0.2) is 0 Å². The molecule has 0 unspecified atom stereocenters. The summed E-state index contributed by atoms with van der Waals surface area (Å²) in [7, 11) is 1.37. The molecule has 0 bridgehead atoms. The SMILES string of the molecule is COC(=O)c1c(OCc2ccccc2)ccc2c1CC[C@H](NC(C)C)[C@@H]2O. The molecule has 0 spiro atoms. The van der Waals surface area contributed by atoms with Crippen LogP contribution in [0.25, 0.3) is 0 Å². The Morgan fingerprint density at radius 2 is 1.96 bits per heavy atom. The van der Waals surface area contributed by atoms with Crippen molar-refractivity contribution < 1.29 is 19.4 Å². The second kappa shape index (κ2) is 8.55. The van der Waals surface area contributed by atoms with Crippen LogP contribution in [-0.2, 0) is 17.8 Å². The largest absolute Gasteiger partial charge is 0.488 e. The maximum atomic E-state index is 12.5. The zero-order chi connectivity index (χ0) is 19.4. The highest BCUT2D eigenvalue weighted by atomic mass is 16.5. The lowest BCUT2D eigenvalue weighted by molar-refractivity contribution is 0.0590. The Morgan fingerprint density at radius 1 is 1.22 bits per heavy atom. The van der Waals surface area contributed by atoms with E-state index < -0.39 is 12.1 Å². The highest BCUT2D eigenvalue weighted by molar-refractivity contribution is 5.94. The van der Waals surface area contributed by atoms with E-state index in [1.807, 2.05) is 36.4 Å². The van der Waals surface area contributed by atoms with Gasteiger partial charge < -0.3 is 19.9 Å². The molecule has 3 rings (SSSR count). The summed E-state index contributed by atoms with van der Waals surface area (Å²) in [6.07, 6.45) is 0.769. The van der Waals surface area contributed by atoms with Crippen molar-refractivity contribution in [1.82, 2.24) is 5.32 Å². The molecule has 1 aliphatic rings. The van der Waals surface area contributed by atoms with Crippen molar-refractivity contribution in [2.75, 3.05) is 7.11 Å². The summed E-state index contributed by atoms with van der Waals surface area (Å²) in [6, 6.07) is 13.7. The Balaban J connectivity index is 1.91. The van der Waals surface area contributed by atoms with Gasteiger partial charge in [-0.3, -0.25) is 0 Å². The van der Waals surface area contributed by atoms with E-state index in [4.69, 9.17) is 9.47 Å². The standard InChI is InChI=1S/C22H27NO4/c1-14(2)23-18-11-9-16-17(21(18)24)10-12-19(20(16)22(25)26-3)27-13-15-7-5-4-6-8-15/h4-8,10,12,14,18,21,23-24H,9,11,13H2,1-3H3/t18-,21+/m0/s1.